The van der Waals surface area contributed by atoms with Gasteiger partial charge in [-0.3, -0.25) is 0 Å². The first-order valence-electron chi connectivity index (χ1n) is 6.35. The van der Waals surface area contributed by atoms with Gasteiger partial charge in [-0.2, -0.15) is 12.6 Å². The van der Waals surface area contributed by atoms with Gasteiger partial charge in [0.25, 0.3) is 0 Å². The van der Waals surface area contributed by atoms with Crippen molar-refractivity contribution in [2.24, 2.45) is 0 Å². The smallest absolute Gasteiger partial charge is 0.319 e. The van der Waals surface area contributed by atoms with Gasteiger partial charge in [0.05, 0.1) is 0 Å². The summed E-state index contributed by atoms with van der Waals surface area (Å²) in [6.45, 7) is 0.389. The van der Waals surface area contributed by atoms with Gasteiger partial charge >= 0.3 is 13.4 Å². The van der Waals surface area contributed by atoms with Crippen molar-refractivity contribution in [3.63, 3.8) is 0 Å². The van der Waals surface area contributed by atoms with Crippen molar-refractivity contribution in [2.75, 3.05) is 0 Å². The number of hydrogen-bond acceptors (Lipinski definition) is 3. The molecule has 0 saturated carbocycles. The SMILES string of the molecule is CC.CC.OP(O)(O)=S.OP(O)(O)=S.SCc1cc(Cl)ccc1Cl. The molecular weight excluding hydrogens is 457 g/mol. The van der Waals surface area contributed by atoms with E-state index < -0.39 is 13.4 Å². The van der Waals surface area contributed by atoms with E-state index in [1.807, 2.05) is 33.8 Å². The van der Waals surface area contributed by atoms with Gasteiger partial charge < -0.3 is 29.4 Å². The molecule has 0 unspecified atom stereocenters. The van der Waals surface area contributed by atoms with E-state index in [9.17, 15) is 0 Å². The summed E-state index contributed by atoms with van der Waals surface area (Å²) in [7, 11) is 0. The summed E-state index contributed by atoms with van der Waals surface area (Å²) in [5.41, 5.74) is 0.970. The molecule has 0 radical (unpaired) electrons. The molecule has 1 aromatic rings. The Hall–Kier alpha value is 1.21. The summed E-state index contributed by atoms with van der Waals surface area (Å²) < 4.78 is 0. The molecule has 1 rings (SSSR count). The highest BCUT2D eigenvalue weighted by molar-refractivity contribution is 8.06. The van der Waals surface area contributed by atoms with Crippen LogP contribution in [0.2, 0.25) is 10.0 Å². The molecule has 1 aromatic carbocycles. The van der Waals surface area contributed by atoms with Crippen LogP contribution in [0.3, 0.4) is 0 Å². The van der Waals surface area contributed by atoms with Crippen molar-refractivity contribution in [3.8, 4) is 0 Å². The summed E-state index contributed by atoms with van der Waals surface area (Å²) in [6.07, 6.45) is 0. The van der Waals surface area contributed by atoms with Crippen molar-refractivity contribution in [3.05, 3.63) is 33.8 Å². The second-order valence-electron chi connectivity index (χ2n) is 2.92. The predicted molar refractivity (Wildman–Crippen MR) is 114 cm³/mol. The van der Waals surface area contributed by atoms with E-state index in [-0.39, 0.29) is 0 Å². The van der Waals surface area contributed by atoms with Crippen LogP contribution in [0.15, 0.2) is 18.2 Å². The lowest BCUT2D eigenvalue weighted by atomic mass is 10.2. The molecule has 0 fully saturated rings. The van der Waals surface area contributed by atoms with Crippen molar-refractivity contribution in [1.82, 2.24) is 0 Å². The largest absolute Gasteiger partial charge is 0.325 e. The van der Waals surface area contributed by atoms with Gasteiger partial charge in [-0.15, -0.1) is 0 Å². The average molecular weight is 481 g/mol. The molecule has 6 nitrogen and oxygen atoms in total. The van der Waals surface area contributed by atoms with Crippen LogP contribution >= 0.6 is 49.3 Å². The molecule has 0 heterocycles. The zero-order valence-corrected chi connectivity index (χ0v) is 19.4. The molecule has 0 aliphatic heterocycles. The van der Waals surface area contributed by atoms with Crippen molar-refractivity contribution < 1.29 is 29.4 Å². The first-order valence-corrected chi connectivity index (χ1v) is 13.1. The first-order chi connectivity index (χ1) is 10.7. The van der Waals surface area contributed by atoms with Gasteiger partial charge in [0.2, 0.25) is 0 Å². The maximum atomic E-state index is 7.56. The third-order valence-corrected chi connectivity index (χ3v) is 2.12. The lowest BCUT2D eigenvalue weighted by molar-refractivity contribution is 0.361. The van der Waals surface area contributed by atoms with E-state index in [1.165, 1.54) is 0 Å². The molecule has 13 heteroatoms. The molecule has 0 aliphatic rings. The summed E-state index contributed by atoms with van der Waals surface area (Å²) in [5, 5.41) is 1.42. The molecule has 146 valence electrons. The molecule has 0 amide bonds. The van der Waals surface area contributed by atoms with Gasteiger partial charge in [-0.25, -0.2) is 0 Å². The molecule has 0 aliphatic carbocycles. The number of hydrogen-bond donors (Lipinski definition) is 7. The van der Waals surface area contributed by atoms with Gasteiger partial charge in [0, 0.05) is 15.8 Å². The summed E-state index contributed by atoms with van der Waals surface area (Å²) in [5.74, 6) is 0.624. The Balaban J connectivity index is -0.000000123. The fourth-order valence-electron chi connectivity index (χ4n) is 0.664. The van der Waals surface area contributed by atoms with Crippen LogP contribution in [0.5, 0.6) is 0 Å². The van der Waals surface area contributed by atoms with Crippen LogP contribution in [-0.4, -0.2) is 29.4 Å². The zero-order valence-electron chi connectivity index (χ0n) is 13.5. The van der Waals surface area contributed by atoms with Crippen molar-refractivity contribution in [2.45, 2.75) is 33.4 Å². The number of halogens is 2. The minimum Gasteiger partial charge on any atom is -0.325 e. The Bertz CT molecular complexity index is 474. The highest BCUT2D eigenvalue weighted by Crippen LogP contribution is 2.27. The second kappa shape index (κ2) is 19.0. The van der Waals surface area contributed by atoms with E-state index in [1.54, 1.807) is 12.1 Å². The standard InChI is InChI=1S/C7H6Cl2S.2C2H6.2H3O3PS/c8-6-1-2-7(9)5(3-6)4-10;2*1-2;2*1-4(2,3)5/h1-3,10H,4H2;2*1-2H3;2*(H3,1,2,3,5). The Morgan fingerprint density at radius 1 is 0.875 bits per heavy atom. The maximum absolute atomic E-state index is 7.56. The van der Waals surface area contributed by atoms with Crippen LogP contribution in [0.4, 0.5) is 0 Å². The Labute approximate surface area is 169 Å². The van der Waals surface area contributed by atoms with Gasteiger partial charge in [-0.1, -0.05) is 50.9 Å². The number of benzene rings is 1. The minimum absolute atomic E-state index is 0.624. The fraction of sp³-hybridized carbons (Fsp3) is 0.455. The molecule has 0 bridgehead atoms. The quantitative estimate of drug-likeness (QED) is 0.239. The maximum Gasteiger partial charge on any atom is 0.319 e. The lowest BCUT2D eigenvalue weighted by Crippen LogP contribution is -1.78. The van der Waals surface area contributed by atoms with Gasteiger partial charge in [0.15, 0.2) is 0 Å². The van der Waals surface area contributed by atoms with Crippen molar-refractivity contribution in [1.29, 1.82) is 0 Å². The molecule has 6 N–H and O–H groups in total. The highest BCUT2D eigenvalue weighted by atomic mass is 35.5. The lowest BCUT2D eigenvalue weighted by Gasteiger charge is -1.98. The summed E-state index contributed by atoms with van der Waals surface area (Å²) >= 11 is 22.8. The van der Waals surface area contributed by atoms with Crippen LogP contribution in [0.25, 0.3) is 0 Å². The van der Waals surface area contributed by atoms with Gasteiger partial charge in [0.1, 0.15) is 0 Å². The normalized spacial score (nSPS) is 9.54. The molecular formula is C11H24Cl2O6P2S3. The monoisotopic (exact) mass is 480 g/mol. The Kier molecular flexibility index (Phi) is 26.0. The summed E-state index contributed by atoms with van der Waals surface area (Å²) in [4.78, 5) is 45.3. The molecule has 0 saturated heterocycles. The van der Waals surface area contributed by atoms with Crippen LogP contribution < -0.4 is 0 Å². The van der Waals surface area contributed by atoms with E-state index in [0.717, 1.165) is 10.6 Å². The molecule has 24 heavy (non-hydrogen) atoms. The van der Waals surface area contributed by atoms with E-state index in [4.69, 9.17) is 52.6 Å². The minimum atomic E-state index is -3.81. The third kappa shape index (κ3) is 43.6. The Morgan fingerprint density at radius 3 is 1.38 bits per heavy atom. The van der Waals surface area contributed by atoms with Crippen molar-refractivity contribution >= 4 is 72.9 Å². The Morgan fingerprint density at radius 2 is 1.17 bits per heavy atom. The predicted octanol–water partition coefficient (Wildman–Crippen LogP) is 3.85. The van der Waals surface area contributed by atoms with Crippen LogP contribution in [0, 0.1) is 0 Å². The molecule has 0 aromatic heterocycles. The fourth-order valence-corrected chi connectivity index (χ4v) is 1.40. The first kappa shape index (κ1) is 32.8. The topological polar surface area (TPSA) is 121 Å². The highest BCUT2D eigenvalue weighted by Gasteiger charge is 1.97. The van der Waals surface area contributed by atoms with E-state index >= 15 is 0 Å². The third-order valence-electron chi connectivity index (χ3n) is 1.18. The molecule has 0 atom stereocenters. The molecule has 0 spiro atoms. The van der Waals surface area contributed by atoms with Crippen LogP contribution in [0.1, 0.15) is 33.3 Å². The van der Waals surface area contributed by atoms with E-state index in [2.05, 4.69) is 36.2 Å². The number of thiol groups is 1. The van der Waals surface area contributed by atoms with Crippen LogP contribution in [-0.2, 0) is 29.4 Å². The average Bonchev–Trinajstić information content (AvgIpc) is 2.42. The van der Waals surface area contributed by atoms with Gasteiger partial charge in [-0.05, 0) is 47.4 Å². The second-order valence-corrected chi connectivity index (χ2v) is 9.07. The number of rotatable bonds is 1. The zero-order chi connectivity index (χ0) is 20.6. The summed E-state index contributed by atoms with van der Waals surface area (Å²) in [6, 6.07) is 5.35. The van der Waals surface area contributed by atoms with E-state index in [0.29, 0.717) is 10.8 Å².